The molecule has 126 valence electrons. The van der Waals surface area contributed by atoms with Crippen molar-refractivity contribution in [2.24, 2.45) is 0 Å². The van der Waals surface area contributed by atoms with Crippen LogP contribution in [0.4, 0.5) is 0 Å². The first-order chi connectivity index (χ1) is 11.5. The summed E-state index contributed by atoms with van der Waals surface area (Å²) >= 11 is 0. The average molecular weight is 346 g/mol. The predicted octanol–water partition coefficient (Wildman–Crippen LogP) is 2.41. The molecule has 3 aromatic rings. The Labute approximate surface area is 140 Å². The first kappa shape index (κ1) is 16.4. The third-order valence-electron chi connectivity index (χ3n) is 3.67. The molecule has 0 saturated carbocycles. The fourth-order valence-electron chi connectivity index (χ4n) is 2.55. The summed E-state index contributed by atoms with van der Waals surface area (Å²) < 4.78 is 32.7. The van der Waals surface area contributed by atoms with Crippen molar-refractivity contribution >= 4 is 10.0 Å². The molecule has 0 spiro atoms. The zero-order chi connectivity index (χ0) is 17.2. The summed E-state index contributed by atoms with van der Waals surface area (Å²) in [5.74, 6) is 0.287. The van der Waals surface area contributed by atoms with E-state index >= 15 is 0 Å². The van der Waals surface area contributed by atoms with Gasteiger partial charge in [-0.15, -0.1) is 0 Å². The molecule has 0 aliphatic carbocycles. The lowest BCUT2D eigenvalue weighted by Gasteiger charge is -2.21. The van der Waals surface area contributed by atoms with Gasteiger partial charge in [-0.3, -0.25) is 5.10 Å². The van der Waals surface area contributed by atoms with Gasteiger partial charge in [0.05, 0.1) is 12.2 Å². The van der Waals surface area contributed by atoms with Gasteiger partial charge >= 0.3 is 0 Å². The molecule has 0 amide bonds. The van der Waals surface area contributed by atoms with Crippen LogP contribution in [0, 0.1) is 13.8 Å². The summed E-state index contributed by atoms with van der Waals surface area (Å²) in [6, 6.07) is 11.2. The van der Waals surface area contributed by atoms with Crippen molar-refractivity contribution < 1.29 is 12.9 Å². The number of rotatable bonds is 6. The van der Waals surface area contributed by atoms with E-state index in [1.807, 2.05) is 30.3 Å². The number of aromatic nitrogens is 3. The molecular weight excluding hydrogens is 328 g/mol. The van der Waals surface area contributed by atoms with E-state index in [0.717, 1.165) is 5.56 Å². The van der Waals surface area contributed by atoms with E-state index in [9.17, 15) is 8.42 Å². The Balaban J connectivity index is 2.00. The minimum atomic E-state index is -3.76. The lowest BCUT2D eigenvalue weighted by molar-refractivity contribution is 0.383. The van der Waals surface area contributed by atoms with Gasteiger partial charge in [-0.2, -0.15) is 9.40 Å². The van der Waals surface area contributed by atoms with Crippen LogP contribution in [-0.2, 0) is 23.1 Å². The first-order valence-electron chi connectivity index (χ1n) is 7.43. The Kier molecular flexibility index (Phi) is 4.50. The number of aryl methyl sites for hydroxylation is 2. The third-order valence-corrected chi connectivity index (χ3v) is 5.71. The molecule has 0 radical (unpaired) electrons. The van der Waals surface area contributed by atoms with E-state index in [1.165, 1.54) is 4.31 Å². The van der Waals surface area contributed by atoms with E-state index < -0.39 is 10.0 Å². The number of nitrogens with one attached hydrogen (secondary N) is 1. The van der Waals surface area contributed by atoms with Gasteiger partial charge < -0.3 is 4.52 Å². The van der Waals surface area contributed by atoms with Crippen LogP contribution >= 0.6 is 0 Å². The molecular formula is C16H18N4O3S. The maximum absolute atomic E-state index is 13.2. The second-order valence-corrected chi connectivity index (χ2v) is 7.37. The monoisotopic (exact) mass is 346 g/mol. The highest BCUT2D eigenvalue weighted by Crippen LogP contribution is 2.26. The number of nitrogens with zero attached hydrogens (tertiary/aromatic N) is 3. The second-order valence-electron chi connectivity index (χ2n) is 5.49. The number of H-pyrrole nitrogens is 1. The van der Waals surface area contributed by atoms with E-state index in [1.54, 1.807) is 26.1 Å². The molecule has 0 aliphatic heterocycles. The summed E-state index contributed by atoms with van der Waals surface area (Å²) in [5, 5.41) is 10.5. The smallest absolute Gasteiger partial charge is 0.249 e. The number of hydrogen-bond acceptors (Lipinski definition) is 5. The molecule has 8 heteroatoms. The largest absolute Gasteiger partial charge is 0.360 e. The zero-order valence-electron chi connectivity index (χ0n) is 13.4. The molecule has 0 unspecified atom stereocenters. The van der Waals surface area contributed by atoms with Crippen molar-refractivity contribution in [3.63, 3.8) is 0 Å². The maximum atomic E-state index is 13.2. The van der Waals surface area contributed by atoms with Gasteiger partial charge in [0.1, 0.15) is 10.6 Å². The Morgan fingerprint density at radius 3 is 2.46 bits per heavy atom. The normalized spacial score (nSPS) is 12.0. The fourth-order valence-corrected chi connectivity index (χ4v) is 4.25. The Bertz CT molecular complexity index is 883. The number of benzene rings is 1. The lowest BCUT2D eigenvalue weighted by Crippen LogP contribution is -2.31. The molecule has 1 N–H and O–H groups in total. The van der Waals surface area contributed by atoms with Crippen LogP contribution in [0.15, 0.2) is 52.0 Å². The Morgan fingerprint density at radius 2 is 1.88 bits per heavy atom. The molecule has 7 nitrogen and oxygen atoms in total. The van der Waals surface area contributed by atoms with Crippen LogP contribution in [0.1, 0.15) is 22.7 Å². The second kappa shape index (κ2) is 6.58. The molecule has 3 rings (SSSR count). The van der Waals surface area contributed by atoms with E-state index in [2.05, 4.69) is 15.4 Å². The van der Waals surface area contributed by atoms with Gasteiger partial charge in [-0.25, -0.2) is 8.42 Å². The minimum Gasteiger partial charge on any atom is -0.360 e. The summed E-state index contributed by atoms with van der Waals surface area (Å²) in [6.45, 7) is 3.65. The van der Waals surface area contributed by atoms with Crippen molar-refractivity contribution in [3.8, 4) is 0 Å². The molecule has 2 heterocycles. The molecule has 0 atom stereocenters. The minimum absolute atomic E-state index is 0.123. The van der Waals surface area contributed by atoms with Gasteiger partial charge in [-0.1, -0.05) is 35.5 Å². The van der Waals surface area contributed by atoms with Crippen LogP contribution in [0.5, 0.6) is 0 Å². The van der Waals surface area contributed by atoms with Crippen molar-refractivity contribution in [2.45, 2.75) is 31.8 Å². The quantitative estimate of drug-likeness (QED) is 0.740. The van der Waals surface area contributed by atoms with Crippen LogP contribution in [-0.4, -0.2) is 28.1 Å². The van der Waals surface area contributed by atoms with Crippen molar-refractivity contribution in [1.29, 1.82) is 0 Å². The van der Waals surface area contributed by atoms with E-state index in [0.29, 0.717) is 11.4 Å². The molecule has 2 aromatic heterocycles. The summed E-state index contributed by atoms with van der Waals surface area (Å²) in [7, 11) is -3.76. The number of aromatic amines is 1. The molecule has 0 aliphatic rings. The van der Waals surface area contributed by atoms with Crippen LogP contribution in [0.2, 0.25) is 0 Å². The highest BCUT2D eigenvalue weighted by molar-refractivity contribution is 7.89. The highest BCUT2D eigenvalue weighted by atomic mass is 32.2. The van der Waals surface area contributed by atoms with Crippen LogP contribution < -0.4 is 0 Å². The van der Waals surface area contributed by atoms with Crippen molar-refractivity contribution in [2.75, 3.05) is 0 Å². The lowest BCUT2D eigenvalue weighted by atomic mass is 10.2. The van der Waals surface area contributed by atoms with Crippen molar-refractivity contribution in [1.82, 2.24) is 19.7 Å². The topological polar surface area (TPSA) is 92.1 Å². The predicted molar refractivity (Wildman–Crippen MR) is 87.4 cm³/mol. The molecule has 0 saturated heterocycles. The number of sulfonamides is 1. The molecule has 0 fully saturated rings. The first-order valence-corrected chi connectivity index (χ1v) is 8.87. The molecule has 0 bridgehead atoms. The number of hydrogen-bond donors (Lipinski definition) is 1. The van der Waals surface area contributed by atoms with Gasteiger partial charge in [0.25, 0.3) is 0 Å². The Hall–Kier alpha value is -2.45. The van der Waals surface area contributed by atoms with Gasteiger partial charge in [0.2, 0.25) is 10.0 Å². The van der Waals surface area contributed by atoms with Crippen LogP contribution in [0.25, 0.3) is 0 Å². The summed E-state index contributed by atoms with van der Waals surface area (Å²) in [6.07, 6.45) is 1.60. The molecule has 24 heavy (non-hydrogen) atoms. The molecule has 1 aromatic carbocycles. The average Bonchev–Trinajstić information content (AvgIpc) is 3.18. The van der Waals surface area contributed by atoms with Gasteiger partial charge in [-0.05, 0) is 25.5 Å². The zero-order valence-corrected chi connectivity index (χ0v) is 14.2. The van der Waals surface area contributed by atoms with E-state index in [4.69, 9.17) is 4.52 Å². The SMILES string of the molecule is Cc1noc(C)c1S(=O)(=O)N(Cc1ccccc1)Cc1ccn[nH]1. The third kappa shape index (κ3) is 3.24. The summed E-state index contributed by atoms with van der Waals surface area (Å²) in [5.41, 5.74) is 1.96. The van der Waals surface area contributed by atoms with Gasteiger partial charge in [0.15, 0.2) is 5.76 Å². The van der Waals surface area contributed by atoms with Crippen molar-refractivity contribution in [3.05, 3.63) is 65.3 Å². The van der Waals surface area contributed by atoms with Crippen LogP contribution in [0.3, 0.4) is 0 Å². The van der Waals surface area contributed by atoms with Gasteiger partial charge in [0, 0.05) is 12.7 Å². The Morgan fingerprint density at radius 1 is 1.12 bits per heavy atom. The summed E-state index contributed by atoms with van der Waals surface area (Å²) in [4.78, 5) is 0.123. The van der Waals surface area contributed by atoms with E-state index in [-0.39, 0.29) is 23.7 Å². The highest BCUT2D eigenvalue weighted by Gasteiger charge is 2.31. The standard InChI is InChI=1S/C16H18N4O3S/c1-12-16(13(2)23-19-12)24(21,22)20(11-15-8-9-17-18-15)10-14-6-4-3-5-7-14/h3-9H,10-11H2,1-2H3,(H,17,18). The fraction of sp³-hybridized carbons (Fsp3) is 0.250. The maximum Gasteiger partial charge on any atom is 0.249 e.